The molecule has 0 bridgehead atoms. The van der Waals surface area contributed by atoms with E-state index >= 15 is 0 Å². The Hall–Kier alpha value is -1.36. The van der Waals surface area contributed by atoms with Gasteiger partial charge in [0.05, 0.1) is 11.3 Å². The van der Waals surface area contributed by atoms with E-state index in [1.807, 2.05) is 26.8 Å². The summed E-state index contributed by atoms with van der Waals surface area (Å²) in [5, 5.41) is 16.7. The van der Waals surface area contributed by atoms with Gasteiger partial charge in [-0.25, -0.2) is 0 Å². The first-order valence-corrected chi connectivity index (χ1v) is 5.84. The molecule has 0 fully saturated rings. The molecule has 1 heterocycles. The zero-order valence-corrected chi connectivity index (χ0v) is 10.9. The summed E-state index contributed by atoms with van der Waals surface area (Å²) < 4.78 is 1.66. The lowest BCUT2D eigenvalue weighted by atomic mass is 10.0. The molecular formula is C12H21N3O2. The van der Waals surface area contributed by atoms with E-state index in [-0.39, 0.29) is 19.0 Å². The van der Waals surface area contributed by atoms with E-state index in [1.165, 1.54) is 0 Å². The maximum absolute atomic E-state index is 11.7. The van der Waals surface area contributed by atoms with Crippen molar-refractivity contribution >= 4 is 5.91 Å². The number of hydrogen-bond acceptors (Lipinski definition) is 3. The summed E-state index contributed by atoms with van der Waals surface area (Å²) in [6.07, 6.45) is 0.604. The number of hydrogen-bond donors (Lipinski definition) is 2. The van der Waals surface area contributed by atoms with Crippen LogP contribution in [0, 0.1) is 13.8 Å². The summed E-state index contributed by atoms with van der Waals surface area (Å²) in [5.41, 5.74) is 1.01. The van der Waals surface area contributed by atoms with Crippen molar-refractivity contribution in [2.24, 2.45) is 0 Å². The SMILES string of the molecule is CCC(C)(O)CNC(=O)Cn1nc(C)cc1C. The fraction of sp³-hybridized carbons (Fsp3) is 0.667. The summed E-state index contributed by atoms with van der Waals surface area (Å²) in [6.45, 7) is 7.85. The van der Waals surface area contributed by atoms with Crippen molar-refractivity contribution in [3.63, 3.8) is 0 Å². The molecule has 0 aliphatic carbocycles. The van der Waals surface area contributed by atoms with Gasteiger partial charge in [-0.05, 0) is 33.3 Å². The molecule has 1 atom stereocenters. The highest BCUT2D eigenvalue weighted by Crippen LogP contribution is 2.06. The number of nitrogens with one attached hydrogen (secondary N) is 1. The first kappa shape index (κ1) is 13.7. The van der Waals surface area contributed by atoms with Crippen LogP contribution in [0.1, 0.15) is 31.7 Å². The maximum Gasteiger partial charge on any atom is 0.241 e. The molecule has 5 nitrogen and oxygen atoms in total. The van der Waals surface area contributed by atoms with E-state index in [1.54, 1.807) is 11.6 Å². The van der Waals surface area contributed by atoms with Crippen LogP contribution in [-0.4, -0.2) is 32.9 Å². The standard InChI is InChI=1S/C12H21N3O2/c1-5-12(4,17)8-13-11(16)7-15-10(3)6-9(2)14-15/h6,17H,5,7-8H2,1-4H3,(H,13,16). The number of rotatable bonds is 5. The second-order valence-corrected chi connectivity index (χ2v) is 4.71. The number of aliphatic hydroxyl groups is 1. The normalized spacial score (nSPS) is 14.4. The van der Waals surface area contributed by atoms with Crippen molar-refractivity contribution in [3.8, 4) is 0 Å². The lowest BCUT2D eigenvalue weighted by Gasteiger charge is -2.21. The molecule has 0 saturated heterocycles. The number of nitrogens with zero attached hydrogens (tertiary/aromatic N) is 2. The van der Waals surface area contributed by atoms with Gasteiger partial charge in [0.25, 0.3) is 0 Å². The van der Waals surface area contributed by atoms with Gasteiger partial charge in [0.15, 0.2) is 0 Å². The number of aryl methyl sites for hydroxylation is 2. The Bertz CT molecular complexity index is 396. The van der Waals surface area contributed by atoms with Crippen molar-refractivity contribution in [3.05, 3.63) is 17.5 Å². The van der Waals surface area contributed by atoms with Gasteiger partial charge in [0.1, 0.15) is 6.54 Å². The van der Waals surface area contributed by atoms with Crippen LogP contribution in [0.3, 0.4) is 0 Å². The van der Waals surface area contributed by atoms with Crippen LogP contribution in [0.4, 0.5) is 0 Å². The van der Waals surface area contributed by atoms with Crippen LogP contribution >= 0.6 is 0 Å². The van der Waals surface area contributed by atoms with Crippen LogP contribution in [0.15, 0.2) is 6.07 Å². The highest BCUT2D eigenvalue weighted by atomic mass is 16.3. The van der Waals surface area contributed by atoms with E-state index in [9.17, 15) is 9.90 Å². The number of aromatic nitrogens is 2. The molecule has 2 N–H and O–H groups in total. The minimum absolute atomic E-state index is 0.134. The molecule has 0 aliphatic heterocycles. The average molecular weight is 239 g/mol. The highest BCUT2D eigenvalue weighted by Gasteiger charge is 2.18. The average Bonchev–Trinajstić information content (AvgIpc) is 2.55. The molecular weight excluding hydrogens is 218 g/mol. The molecule has 1 unspecified atom stereocenters. The smallest absolute Gasteiger partial charge is 0.241 e. The van der Waals surface area contributed by atoms with Crippen LogP contribution in [0.25, 0.3) is 0 Å². The monoisotopic (exact) mass is 239 g/mol. The third-order valence-electron chi connectivity index (χ3n) is 2.82. The van der Waals surface area contributed by atoms with Crippen LogP contribution in [0.2, 0.25) is 0 Å². The van der Waals surface area contributed by atoms with E-state index in [4.69, 9.17) is 0 Å². The summed E-state index contributed by atoms with van der Waals surface area (Å²) >= 11 is 0. The first-order valence-electron chi connectivity index (χ1n) is 5.84. The Morgan fingerprint density at radius 2 is 2.24 bits per heavy atom. The molecule has 1 rings (SSSR count). The Morgan fingerprint density at radius 1 is 1.59 bits per heavy atom. The highest BCUT2D eigenvalue weighted by molar-refractivity contribution is 5.75. The zero-order valence-electron chi connectivity index (χ0n) is 10.9. The molecule has 17 heavy (non-hydrogen) atoms. The Morgan fingerprint density at radius 3 is 2.71 bits per heavy atom. The van der Waals surface area contributed by atoms with Crippen LogP contribution in [-0.2, 0) is 11.3 Å². The van der Waals surface area contributed by atoms with Gasteiger partial charge in [0.2, 0.25) is 5.91 Å². The molecule has 0 aromatic carbocycles. The molecule has 5 heteroatoms. The van der Waals surface area contributed by atoms with Crippen LogP contribution < -0.4 is 5.32 Å². The maximum atomic E-state index is 11.7. The molecule has 0 radical (unpaired) electrons. The van der Waals surface area contributed by atoms with Gasteiger partial charge in [-0.2, -0.15) is 5.10 Å². The number of amides is 1. The fourth-order valence-corrected chi connectivity index (χ4v) is 1.44. The lowest BCUT2D eigenvalue weighted by molar-refractivity contribution is -0.123. The number of carbonyl (C=O) groups is 1. The van der Waals surface area contributed by atoms with E-state index in [2.05, 4.69) is 10.4 Å². The molecule has 1 amide bonds. The predicted molar refractivity (Wildman–Crippen MR) is 65.6 cm³/mol. The van der Waals surface area contributed by atoms with Gasteiger partial charge < -0.3 is 10.4 Å². The lowest BCUT2D eigenvalue weighted by Crippen LogP contribution is -2.41. The fourth-order valence-electron chi connectivity index (χ4n) is 1.44. The summed E-state index contributed by atoms with van der Waals surface area (Å²) in [7, 11) is 0. The van der Waals surface area contributed by atoms with Crippen molar-refractivity contribution in [1.82, 2.24) is 15.1 Å². The molecule has 0 aliphatic rings. The molecule has 96 valence electrons. The van der Waals surface area contributed by atoms with E-state index < -0.39 is 5.60 Å². The first-order chi connectivity index (χ1) is 7.84. The van der Waals surface area contributed by atoms with Gasteiger partial charge in [-0.3, -0.25) is 9.48 Å². The molecule has 0 saturated carbocycles. The van der Waals surface area contributed by atoms with Crippen molar-refractivity contribution in [2.45, 2.75) is 46.3 Å². The summed E-state index contributed by atoms with van der Waals surface area (Å²) in [4.78, 5) is 11.7. The largest absolute Gasteiger partial charge is 0.388 e. The molecule has 1 aromatic rings. The Labute approximate surface area is 102 Å². The van der Waals surface area contributed by atoms with E-state index in [0.717, 1.165) is 11.4 Å². The Balaban J connectivity index is 2.48. The topological polar surface area (TPSA) is 67.2 Å². The second kappa shape index (κ2) is 5.31. The van der Waals surface area contributed by atoms with Gasteiger partial charge in [-0.1, -0.05) is 6.92 Å². The van der Waals surface area contributed by atoms with Gasteiger partial charge in [-0.15, -0.1) is 0 Å². The molecule has 1 aromatic heterocycles. The summed E-state index contributed by atoms with van der Waals surface area (Å²) in [6, 6.07) is 1.93. The summed E-state index contributed by atoms with van der Waals surface area (Å²) in [5.74, 6) is -0.134. The predicted octanol–water partition coefficient (Wildman–Crippen LogP) is 0.777. The van der Waals surface area contributed by atoms with Crippen LogP contribution in [0.5, 0.6) is 0 Å². The third kappa shape index (κ3) is 4.19. The van der Waals surface area contributed by atoms with Crippen molar-refractivity contribution in [2.75, 3.05) is 6.54 Å². The second-order valence-electron chi connectivity index (χ2n) is 4.71. The third-order valence-corrected chi connectivity index (χ3v) is 2.82. The minimum Gasteiger partial charge on any atom is -0.388 e. The van der Waals surface area contributed by atoms with E-state index in [0.29, 0.717) is 6.42 Å². The quantitative estimate of drug-likeness (QED) is 0.798. The van der Waals surface area contributed by atoms with Crippen molar-refractivity contribution < 1.29 is 9.90 Å². The van der Waals surface area contributed by atoms with Crippen molar-refractivity contribution in [1.29, 1.82) is 0 Å². The Kier molecular flexibility index (Phi) is 4.28. The molecule has 0 spiro atoms. The van der Waals surface area contributed by atoms with Gasteiger partial charge >= 0.3 is 0 Å². The van der Waals surface area contributed by atoms with Gasteiger partial charge in [0, 0.05) is 12.2 Å². The minimum atomic E-state index is -0.843. The number of carbonyl (C=O) groups excluding carboxylic acids is 1. The zero-order chi connectivity index (χ0) is 13.1.